The lowest BCUT2D eigenvalue weighted by atomic mass is 10.1. The van der Waals surface area contributed by atoms with E-state index in [9.17, 15) is 0 Å². The van der Waals surface area contributed by atoms with Crippen molar-refractivity contribution in [3.63, 3.8) is 0 Å². The molecule has 0 radical (unpaired) electrons. The Morgan fingerprint density at radius 3 is 2.67 bits per heavy atom. The number of hydrogen-bond donors (Lipinski definition) is 1. The van der Waals surface area contributed by atoms with Crippen LogP contribution >= 0.6 is 0 Å². The maximum Gasteiger partial charge on any atom is 0.131 e. The molecule has 0 atom stereocenters. The fraction of sp³-hybridized carbons (Fsp3) is 0.667. The maximum absolute atomic E-state index is 4.70. The van der Waals surface area contributed by atoms with Gasteiger partial charge in [-0.1, -0.05) is 13.8 Å². The summed E-state index contributed by atoms with van der Waals surface area (Å²) in [5.74, 6) is 1.87. The molecular formula is C15H25N3. The van der Waals surface area contributed by atoms with Crippen molar-refractivity contribution >= 4 is 5.82 Å². The molecule has 0 bridgehead atoms. The normalized spacial score (nSPS) is 15.2. The van der Waals surface area contributed by atoms with Gasteiger partial charge in [-0.25, -0.2) is 4.98 Å². The van der Waals surface area contributed by atoms with Crippen LogP contribution in [-0.2, 0) is 6.54 Å². The van der Waals surface area contributed by atoms with E-state index in [0.717, 1.165) is 19.1 Å². The number of nitrogens with one attached hydrogen (secondary N) is 1. The fourth-order valence-electron chi connectivity index (χ4n) is 2.42. The molecule has 1 saturated carbocycles. The number of aryl methyl sites for hydroxylation is 1. The Morgan fingerprint density at radius 2 is 2.17 bits per heavy atom. The highest BCUT2D eigenvalue weighted by Gasteiger charge is 2.31. The quantitative estimate of drug-likeness (QED) is 0.838. The fourth-order valence-corrected chi connectivity index (χ4v) is 2.42. The van der Waals surface area contributed by atoms with Gasteiger partial charge in [-0.05, 0) is 49.9 Å². The summed E-state index contributed by atoms with van der Waals surface area (Å²) in [6.07, 6.45) is 4.66. The zero-order valence-electron chi connectivity index (χ0n) is 12.0. The molecule has 1 aromatic rings. The van der Waals surface area contributed by atoms with Crippen LogP contribution in [0.3, 0.4) is 0 Å². The predicted molar refractivity (Wildman–Crippen MR) is 76.9 cm³/mol. The first-order valence-electron chi connectivity index (χ1n) is 6.98. The summed E-state index contributed by atoms with van der Waals surface area (Å²) in [6, 6.07) is 2.99. The summed E-state index contributed by atoms with van der Waals surface area (Å²) in [5.41, 5.74) is 2.56. The highest BCUT2D eigenvalue weighted by Crippen LogP contribution is 2.33. The third-order valence-electron chi connectivity index (χ3n) is 3.31. The molecular weight excluding hydrogens is 222 g/mol. The van der Waals surface area contributed by atoms with Crippen LogP contribution in [0.2, 0.25) is 0 Å². The molecule has 1 N–H and O–H groups in total. The Bertz CT molecular complexity index is 397. The molecule has 1 fully saturated rings. The Labute approximate surface area is 111 Å². The summed E-state index contributed by atoms with van der Waals surface area (Å²) in [6.45, 7) is 8.74. The van der Waals surface area contributed by atoms with Gasteiger partial charge < -0.3 is 10.2 Å². The smallest absolute Gasteiger partial charge is 0.131 e. The van der Waals surface area contributed by atoms with Crippen molar-refractivity contribution < 1.29 is 0 Å². The number of nitrogens with zero attached hydrogens (tertiary/aromatic N) is 2. The lowest BCUT2D eigenvalue weighted by Crippen LogP contribution is -2.31. The van der Waals surface area contributed by atoms with Crippen LogP contribution in [0, 0.1) is 12.8 Å². The molecule has 100 valence electrons. The van der Waals surface area contributed by atoms with Crippen molar-refractivity contribution in [3.8, 4) is 0 Å². The SMILES string of the molecule is CNCc1cnc(N(CC(C)C)C2CC2)c(C)c1. The van der Waals surface area contributed by atoms with Crippen molar-refractivity contribution in [2.45, 2.75) is 46.2 Å². The molecule has 1 heterocycles. The summed E-state index contributed by atoms with van der Waals surface area (Å²) < 4.78 is 0. The van der Waals surface area contributed by atoms with Gasteiger partial charge in [0.25, 0.3) is 0 Å². The molecule has 0 aromatic carbocycles. The van der Waals surface area contributed by atoms with Gasteiger partial charge in [0.2, 0.25) is 0 Å². The number of rotatable bonds is 6. The molecule has 0 aliphatic heterocycles. The van der Waals surface area contributed by atoms with Crippen LogP contribution in [0.4, 0.5) is 5.82 Å². The molecule has 3 heteroatoms. The first kappa shape index (κ1) is 13.3. The van der Waals surface area contributed by atoms with Crippen molar-refractivity contribution in [2.24, 2.45) is 5.92 Å². The standard InChI is InChI=1S/C15H25N3/c1-11(2)10-18(14-5-6-14)15-12(3)7-13(8-16-4)9-17-15/h7,9,11,14,16H,5-6,8,10H2,1-4H3. The highest BCUT2D eigenvalue weighted by molar-refractivity contribution is 5.49. The van der Waals surface area contributed by atoms with E-state index in [-0.39, 0.29) is 0 Å². The van der Waals surface area contributed by atoms with Crippen LogP contribution < -0.4 is 10.2 Å². The molecule has 1 aliphatic carbocycles. The lowest BCUT2D eigenvalue weighted by Gasteiger charge is -2.27. The predicted octanol–water partition coefficient (Wildman–Crippen LogP) is 2.73. The molecule has 0 saturated heterocycles. The van der Waals surface area contributed by atoms with Gasteiger partial charge in [-0.3, -0.25) is 0 Å². The minimum Gasteiger partial charge on any atom is -0.353 e. The second-order valence-corrected chi connectivity index (χ2v) is 5.79. The van der Waals surface area contributed by atoms with Crippen LogP contribution in [0.5, 0.6) is 0 Å². The number of hydrogen-bond acceptors (Lipinski definition) is 3. The largest absolute Gasteiger partial charge is 0.353 e. The molecule has 1 aromatic heterocycles. The Kier molecular flexibility index (Phi) is 4.23. The van der Waals surface area contributed by atoms with Crippen molar-refractivity contribution in [1.82, 2.24) is 10.3 Å². The van der Waals surface area contributed by atoms with Gasteiger partial charge in [0.15, 0.2) is 0 Å². The molecule has 3 nitrogen and oxygen atoms in total. The first-order valence-corrected chi connectivity index (χ1v) is 6.98. The maximum atomic E-state index is 4.70. The van der Waals surface area contributed by atoms with E-state index in [0.29, 0.717) is 5.92 Å². The van der Waals surface area contributed by atoms with Crippen LogP contribution in [0.15, 0.2) is 12.3 Å². The van der Waals surface area contributed by atoms with Crippen molar-refractivity contribution in [2.75, 3.05) is 18.5 Å². The second-order valence-electron chi connectivity index (χ2n) is 5.79. The third kappa shape index (κ3) is 3.22. The van der Waals surface area contributed by atoms with E-state index in [4.69, 9.17) is 4.98 Å². The molecule has 0 unspecified atom stereocenters. The van der Waals surface area contributed by atoms with Gasteiger partial charge in [0.05, 0.1) is 0 Å². The average Bonchev–Trinajstić information content (AvgIpc) is 3.10. The first-order chi connectivity index (χ1) is 8.61. The van der Waals surface area contributed by atoms with Gasteiger partial charge >= 0.3 is 0 Å². The minimum absolute atomic E-state index is 0.684. The van der Waals surface area contributed by atoms with Crippen LogP contribution in [0.1, 0.15) is 37.8 Å². The third-order valence-corrected chi connectivity index (χ3v) is 3.31. The van der Waals surface area contributed by atoms with Gasteiger partial charge in [-0.2, -0.15) is 0 Å². The van der Waals surface area contributed by atoms with E-state index in [1.165, 1.54) is 29.8 Å². The van der Waals surface area contributed by atoms with Gasteiger partial charge in [0.1, 0.15) is 5.82 Å². The van der Waals surface area contributed by atoms with E-state index >= 15 is 0 Å². The number of anilines is 1. The zero-order chi connectivity index (χ0) is 13.1. The van der Waals surface area contributed by atoms with Crippen molar-refractivity contribution in [1.29, 1.82) is 0 Å². The van der Waals surface area contributed by atoms with E-state index < -0.39 is 0 Å². The number of aromatic nitrogens is 1. The van der Waals surface area contributed by atoms with Gasteiger partial charge in [-0.15, -0.1) is 0 Å². The Hall–Kier alpha value is -1.09. The number of pyridine rings is 1. The highest BCUT2D eigenvalue weighted by atomic mass is 15.2. The molecule has 0 amide bonds. The average molecular weight is 247 g/mol. The molecule has 18 heavy (non-hydrogen) atoms. The molecule has 1 aliphatic rings. The molecule has 2 rings (SSSR count). The summed E-state index contributed by atoms with van der Waals surface area (Å²) >= 11 is 0. The lowest BCUT2D eigenvalue weighted by molar-refractivity contribution is 0.601. The van der Waals surface area contributed by atoms with E-state index in [2.05, 4.69) is 37.1 Å². The Balaban J connectivity index is 2.19. The van der Waals surface area contributed by atoms with Gasteiger partial charge in [0, 0.05) is 25.3 Å². The minimum atomic E-state index is 0.684. The van der Waals surface area contributed by atoms with Crippen LogP contribution in [-0.4, -0.2) is 24.6 Å². The topological polar surface area (TPSA) is 28.2 Å². The zero-order valence-corrected chi connectivity index (χ0v) is 12.0. The molecule has 0 spiro atoms. The second kappa shape index (κ2) is 5.70. The van der Waals surface area contributed by atoms with E-state index in [1.807, 2.05) is 13.2 Å². The van der Waals surface area contributed by atoms with Crippen molar-refractivity contribution in [3.05, 3.63) is 23.4 Å². The summed E-state index contributed by atoms with van der Waals surface area (Å²) in [5, 5.41) is 3.17. The monoisotopic (exact) mass is 247 g/mol. The van der Waals surface area contributed by atoms with E-state index in [1.54, 1.807) is 0 Å². The summed E-state index contributed by atoms with van der Waals surface area (Å²) in [7, 11) is 1.97. The summed E-state index contributed by atoms with van der Waals surface area (Å²) in [4.78, 5) is 7.20. The Morgan fingerprint density at radius 1 is 1.44 bits per heavy atom. The van der Waals surface area contributed by atoms with Crippen LogP contribution in [0.25, 0.3) is 0 Å².